The van der Waals surface area contributed by atoms with E-state index in [-0.39, 0.29) is 11.9 Å². The molecule has 2 atom stereocenters. The average molecular weight is 328 g/mol. The number of rotatable bonds is 7. The Bertz CT molecular complexity index is 409. The summed E-state index contributed by atoms with van der Waals surface area (Å²) in [6.07, 6.45) is 0.382. The molecular formula is C15H22BrNO2. The molecule has 2 unspecified atom stereocenters. The first-order valence-corrected chi connectivity index (χ1v) is 7.70. The zero-order chi connectivity index (χ0) is 14.3. The molecule has 3 nitrogen and oxygen atoms in total. The molecule has 0 heterocycles. The highest BCUT2D eigenvalue weighted by molar-refractivity contribution is 9.09. The second-order valence-corrected chi connectivity index (χ2v) is 5.55. The summed E-state index contributed by atoms with van der Waals surface area (Å²) in [5.74, 6) is 1.27. The van der Waals surface area contributed by atoms with Crippen LogP contribution in [0.25, 0.3) is 0 Å². The Morgan fingerprint density at radius 1 is 1.42 bits per heavy atom. The van der Waals surface area contributed by atoms with Gasteiger partial charge in [-0.3, -0.25) is 4.79 Å². The van der Waals surface area contributed by atoms with Gasteiger partial charge in [0, 0.05) is 11.4 Å². The van der Waals surface area contributed by atoms with Crippen molar-refractivity contribution in [3.8, 4) is 5.75 Å². The highest BCUT2D eigenvalue weighted by atomic mass is 79.9. The number of hydrogen-bond acceptors (Lipinski definition) is 2. The number of hydrogen-bond donors (Lipinski definition) is 1. The Kier molecular flexibility index (Phi) is 6.92. The quantitative estimate of drug-likeness (QED) is 0.780. The molecule has 1 rings (SSSR count). The standard InChI is InChI=1S/C15H22BrNO2/c1-11-5-4-6-14(9-11)19-8-7-15(18)17-13(3)12(2)10-16/h4-6,9,12-13H,7-8,10H2,1-3H3,(H,17,18). The van der Waals surface area contributed by atoms with E-state index < -0.39 is 0 Å². The van der Waals surface area contributed by atoms with Crippen molar-refractivity contribution in [1.82, 2.24) is 5.32 Å². The lowest BCUT2D eigenvalue weighted by molar-refractivity contribution is -0.122. The second kappa shape index (κ2) is 8.20. The maximum atomic E-state index is 11.7. The largest absolute Gasteiger partial charge is 0.493 e. The third-order valence-corrected chi connectivity index (χ3v) is 4.09. The van der Waals surface area contributed by atoms with Crippen LogP contribution in [0, 0.1) is 12.8 Å². The molecule has 0 bridgehead atoms. The van der Waals surface area contributed by atoms with Crippen LogP contribution in [-0.2, 0) is 4.79 Å². The number of nitrogens with one attached hydrogen (secondary N) is 1. The second-order valence-electron chi connectivity index (χ2n) is 4.90. The molecule has 4 heteroatoms. The zero-order valence-corrected chi connectivity index (χ0v) is 13.4. The van der Waals surface area contributed by atoms with E-state index in [2.05, 4.69) is 28.2 Å². The van der Waals surface area contributed by atoms with Gasteiger partial charge in [-0.2, -0.15) is 0 Å². The molecule has 0 aliphatic carbocycles. The van der Waals surface area contributed by atoms with Crippen molar-refractivity contribution in [2.45, 2.75) is 33.2 Å². The summed E-state index contributed by atoms with van der Waals surface area (Å²) in [6.45, 7) is 6.54. The van der Waals surface area contributed by atoms with Gasteiger partial charge in [-0.15, -0.1) is 0 Å². The minimum atomic E-state index is 0.0351. The van der Waals surface area contributed by atoms with E-state index in [1.165, 1.54) is 0 Å². The van der Waals surface area contributed by atoms with Crippen molar-refractivity contribution >= 4 is 21.8 Å². The Hall–Kier alpha value is -1.03. The summed E-state index contributed by atoms with van der Waals surface area (Å²) >= 11 is 3.42. The fraction of sp³-hybridized carbons (Fsp3) is 0.533. The number of alkyl halides is 1. The Labute approximate surface area is 123 Å². The summed E-state index contributed by atoms with van der Waals surface area (Å²) in [5, 5.41) is 3.86. The van der Waals surface area contributed by atoms with E-state index in [1.807, 2.05) is 38.1 Å². The van der Waals surface area contributed by atoms with Gasteiger partial charge in [0.25, 0.3) is 0 Å². The van der Waals surface area contributed by atoms with Crippen LogP contribution >= 0.6 is 15.9 Å². The summed E-state index contributed by atoms with van der Waals surface area (Å²) < 4.78 is 5.56. The summed E-state index contributed by atoms with van der Waals surface area (Å²) in [5.41, 5.74) is 1.15. The maximum Gasteiger partial charge on any atom is 0.223 e. The van der Waals surface area contributed by atoms with Gasteiger partial charge >= 0.3 is 0 Å². The average Bonchev–Trinajstić information content (AvgIpc) is 2.37. The normalized spacial score (nSPS) is 13.7. The van der Waals surface area contributed by atoms with Gasteiger partial charge in [0.2, 0.25) is 5.91 Å². The molecule has 0 fully saturated rings. The first kappa shape index (κ1) is 16.0. The number of benzene rings is 1. The van der Waals surface area contributed by atoms with Gasteiger partial charge in [-0.25, -0.2) is 0 Å². The molecule has 0 spiro atoms. The van der Waals surface area contributed by atoms with Gasteiger partial charge in [0.15, 0.2) is 0 Å². The highest BCUT2D eigenvalue weighted by Crippen LogP contribution is 2.12. The van der Waals surface area contributed by atoms with Gasteiger partial charge in [-0.05, 0) is 37.5 Å². The first-order chi connectivity index (χ1) is 9.02. The Morgan fingerprint density at radius 2 is 2.16 bits per heavy atom. The number of aryl methyl sites for hydroxylation is 1. The van der Waals surface area contributed by atoms with Gasteiger partial charge in [0.05, 0.1) is 13.0 Å². The predicted molar refractivity (Wildman–Crippen MR) is 81.9 cm³/mol. The van der Waals surface area contributed by atoms with Crippen LogP contribution in [-0.4, -0.2) is 23.9 Å². The molecule has 1 aromatic carbocycles. The fourth-order valence-electron chi connectivity index (χ4n) is 1.57. The number of carbonyl (C=O) groups is 1. The number of amides is 1. The fourth-order valence-corrected chi connectivity index (χ4v) is 2.13. The molecule has 0 radical (unpaired) electrons. The van der Waals surface area contributed by atoms with E-state index >= 15 is 0 Å². The topological polar surface area (TPSA) is 38.3 Å². The molecule has 19 heavy (non-hydrogen) atoms. The minimum absolute atomic E-state index is 0.0351. The van der Waals surface area contributed by atoms with Crippen LogP contribution in [0.4, 0.5) is 0 Å². The summed E-state index contributed by atoms with van der Waals surface area (Å²) in [7, 11) is 0. The first-order valence-electron chi connectivity index (χ1n) is 6.57. The molecule has 0 saturated carbocycles. The van der Waals surface area contributed by atoms with Crippen LogP contribution in [0.1, 0.15) is 25.8 Å². The molecule has 1 amide bonds. The van der Waals surface area contributed by atoms with Crippen LogP contribution in [0.3, 0.4) is 0 Å². The van der Waals surface area contributed by atoms with Crippen molar-refractivity contribution < 1.29 is 9.53 Å². The summed E-state index contributed by atoms with van der Waals surface area (Å²) in [4.78, 5) is 11.7. The lowest BCUT2D eigenvalue weighted by atomic mass is 10.1. The molecule has 0 aliphatic rings. The molecule has 0 aliphatic heterocycles. The van der Waals surface area contributed by atoms with Crippen LogP contribution in [0.2, 0.25) is 0 Å². The maximum absolute atomic E-state index is 11.7. The summed E-state index contributed by atoms with van der Waals surface area (Å²) in [6, 6.07) is 8.01. The molecule has 106 valence electrons. The number of carbonyl (C=O) groups excluding carboxylic acids is 1. The van der Waals surface area contributed by atoms with E-state index in [4.69, 9.17) is 4.74 Å². The monoisotopic (exact) mass is 327 g/mol. The van der Waals surface area contributed by atoms with E-state index in [0.29, 0.717) is 18.9 Å². The lowest BCUT2D eigenvalue weighted by Crippen LogP contribution is -2.38. The van der Waals surface area contributed by atoms with Crippen molar-refractivity contribution in [3.63, 3.8) is 0 Å². The smallest absolute Gasteiger partial charge is 0.223 e. The SMILES string of the molecule is Cc1cccc(OCCC(=O)NC(C)C(C)CBr)c1. The van der Waals surface area contributed by atoms with Gasteiger partial charge in [0.1, 0.15) is 5.75 Å². The Balaban J connectivity index is 2.27. The lowest BCUT2D eigenvalue weighted by Gasteiger charge is -2.19. The van der Waals surface area contributed by atoms with Crippen LogP contribution in [0.5, 0.6) is 5.75 Å². The molecule has 0 saturated heterocycles. The molecular weight excluding hydrogens is 306 g/mol. The third kappa shape index (κ3) is 6.10. The van der Waals surface area contributed by atoms with Crippen molar-refractivity contribution in [2.75, 3.05) is 11.9 Å². The van der Waals surface area contributed by atoms with Gasteiger partial charge < -0.3 is 10.1 Å². The Morgan fingerprint density at radius 3 is 2.79 bits per heavy atom. The van der Waals surface area contributed by atoms with Gasteiger partial charge in [-0.1, -0.05) is 35.0 Å². The number of ether oxygens (including phenoxy) is 1. The molecule has 0 aromatic heterocycles. The van der Waals surface area contributed by atoms with Crippen molar-refractivity contribution in [3.05, 3.63) is 29.8 Å². The van der Waals surface area contributed by atoms with Crippen LogP contribution < -0.4 is 10.1 Å². The zero-order valence-electron chi connectivity index (χ0n) is 11.8. The third-order valence-electron chi connectivity index (χ3n) is 3.07. The minimum Gasteiger partial charge on any atom is -0.493 e. The number of halogens is 1. The van der Waals surface area contributed by atoms with E-state index in [0.717, 1.165) is 16.6 Å². The van der Waals surface area contributed by atoms with Crippen molar-refractivity contribution in [1.29, 1.82) is 0 Å². The highest BCUT2D eigenvalue weighted by Gasteiger charge is 2.13. The van der Waals surface area contributed by atoms with Crippen molar-refractivity contribution in [2.24, 2.45) is 5.92 Å². The van der Waals surface area contributed by atoms with Crippen LogP contribution in [0.15, 0.2) is 24.3 Å². The van der Waals surface area contributed by atoms with E-state index in [1.54, 1.807) is 0 Å². The molecule has 1 N–H and O–H groups in total. The van der Waals surface area contributed by atoms with E-state index in [9.17, 15) is 4.79 Å². The predicted octanol–water partition coefficient (Wildman–Crippen LogP) is 3.30. The molecule has 1 aromatic rings.